The van der Waals surface area contributed by atoms with Crippen LogP contribution in [0, 0.1) is 5.82 Å². The summed E-state index contributed by atoms with van der Waals surface area (Å²) in [6.07, 6.45) is 0. The van der Waals surface area contributed by atoms with Crippen LogP contribution in [-0.4, -0.2) is 21.7 Å². The van der Waals surface area contributed by atoms with Crippen molar-refractivity contribution >= 4 is 51.6 Å². The number of hydrogen-bond acceptors (Lipinski definition) is 4. The fourth-order valence-corrected chi connectivity index (χ4v) is 3.60. The second-order valence-electron chi connectivity index (χ2n) is 7.30. The summed E-state index contributed by atoms with van der Waals surface area (Å²) < 4.78 is 14.9. The number of nitrogens with zero attached hydrogens (tertiary/aromatic N) is 2. The summed E-state index contributed by atoms with van der Waals surface area (Å²) in [6, 6.07) is 15.8. The lowest BCUT2D eigenvalue weighted by Gasteiger charge is -2.10. The predicted molar refractivity (Wildman–Crippen MR) is 127 cm³/mol. The van der Waals surface area contributed by atoms with Crippen LogP contribution in [0.3, 0.4) is 0 Å². The van der Waals surface area contributed by atoms with E-state index in [0.29, 0.717) is 22.3 Å². The first-order valence-corrected chi connectivity index (χ1v) is 10.3. The number of carbonyl (C=O) groups is 2. The Kier molecular flexibility index (Phi) is 6.14. The van der Waals surface area contributed by atoms with Gasteiger partial charge in [-0.2, -0.15) is 5.10 Å². The number of carbonyl (C=O) groups excluding carboxylic acids is 2. The molecule has 0 saturated heterocycles. The van der Waals surface area contributed by atoms with E-state index in [1.165, 1.54) is 18.2 Å². The van der Waals surface area contributed by atoms with E-state index in [1.807, 2.05) is 12.1 Å². The molecule has 0 aliphatic rings. The van der Waals surface area contributed by atoms with E-state index < -0.39 is 11.8 Å². The summed E-state index contributed by atoms with van der Waals surface area (Å²) in [7, 11) is 1.76. The highest BCUT2D eigenvalue weighted by Gasteiger charge is 2.16. The smallest absolute Gasteiger partial charge is 0.319 e. The number of anilines is 3. The molecule has 0 spiro atoms. The number of hydrogen-bond donors (Lipinski definition) is 4. The predicted octanol–water partition coefficient (Wildman–Crippen LogP) is 4.52. The molecule has 10 heteroatoms. The molecule has 1 heterocycles. The number of aryl methyl sites for hydroxylation is 1. The Labute approximate surface area is 193 Å². The fraction of sp³-hybridized carbons (Fsp3) is 0.0870. The van der Waals surface area contributed by atoms with Crippen molar-refractivity contribution in [3.05, 3.63) is 82.6 Å². The van der Waals surface area contributed by atoms with Crippen molar-refractivity contribution in [2.24, 2.45) is 7.05 Å². The van der Waals surface area contributed by atoms with Gasteiger partial charge in [0, 0.05) is 25.0 Å². The fourth-order valence-electron chi connectivity index (χ4n) is 3.42. The zero-order valence-electron chi connectivity index (χ0n) is 17.5. The number of urea groups is 1. The molecule has 4 aromatic rings. The van der Waals surface area contributed by atoms with Gasteiger partial charge in [-0.05, 0) is 48.0 Å². The number of nitrogens with two attached hydrogens (primary N) is 1. The van der Waals surface area contributed by atoms with Crippen LogP contribution in [-0.2, 0) is 13.6 Å². The van der Waals surface area contributed by atoms with Gasteiger partial charge in [-0.3, -0.25) is 9.48 Å². The molecule has 0 atom stereocenters. The minimum Gasteiger partial charge on any atom is -0.382 e. The number of nitrogen functional groups attached to an aromatic ring is 1. The number of aromatic nitrogens is 2. The molecule has 3 aromatic carbocycles. The molecule has 0 bridgehead atoms. The quantitative estimate of drug-likeness (QED) is 0.346. The first-order chi connectivity index (χ1) is 15.8. The lowest BCUT2D eigenvalue weighted by atomic mass is 10.1. The maximum absolute atomic E-state index is 13.2. The van der Waals surface area contributed by atoms with Gasteiger partial charge in [0.1, 0.15) is 5.82 Å². The van der Waals surface area contributed by atoms with Crippen molar-refractivity contribution in [3.63, 3.8) is 0 Å². The molecule has 0 saturated carbocycles. The van der Waals surface area contributed by atoms with Crippen LogP contribution >= 0.6 is 11.6 Å². The van der Waals surface area contributed by atoms with Gasteiger partial charge < -0.3 is 21.7 Å². The average Bonchev–Trinajstić information content (AvgIpc) is 3.09. The SMILES string of the molecule is Cn1nc(N)c2c(C(=O)Nc3cccc(CNC(=O)Nc4ccc(F)c(Cl)c4)c3)cccc21. The van der Waals surface area contributed by atoms with Crippen LogP contribution in [0.5, 0.6) is 0 Å². The van der Waals surface area contributed by atoms with Crippen molar-refractivity contribution in [1.29, 1.82) is 0 Å². The van der Waals surface area contributed by atoms with Crippen LogP contribution in [0.4, 0.5) is 26.4 Å². The third-order valence-electron chi connectivity index (χ3n) is 4.96. The Morgan fingerprint density at radius 3 is 2.61 bits per heavy atom. The minimum absolute atomic E-state index is 0.0834. The van der Waals surface area contributed by atoms with Crippen molar-refractivity contribution in [2.45, 2.75) is 6.54 Å². The monoisotopic (exact) mass is 466 g/mol. The summed E-state index contributed by atoms with van der Waals surface area (Å²) in [5, 5.41) is 12.8. The molecule has 33 heavy (non-hydrogen) atoms. The zero-order chi connectivity index (χ0) is 23.5. The topological polar surface area (TPSA) is 114 Å². The molecule has 0 aliphatic carbocycles. The molecule has 0 unspecified atom stereocenters. The van der Waals surface area contributed by atoms with Gasteiger partial charge in [0.2, 0.25) is 0 Å². The first-order valence-electron chi connectivity index (χ1n) is 9.93. The minimum atomic E-state index is -0.566. The lowest BCUT2D eigenvalue weighted by molar-refractivity contribution is 0.102. The van der Waals surface area contributed by atoms with E-state index in [1.54, 1.807) is 42.1 Å². The normalized spacial score (nSPS) is 10.8. The number of fused-ring (bicyclic) bond motifs is 1. The Morgan fingerprint density at radius 1 is 1.06 bits per heavy atom. The number of halogens is 2. The summed E-state index contributed by atoms with van der Waals surface area (Å²) in [4.78, 5) is 25.0. The average molecular weight is 467 g/mol. The van der Waals surface area contributed by atoms with Crippen molar-refractivity contribution < 1.29 is 14.0 Å². The molecule has 8 nitrogen and oxygen atoms in total. The second-order valence-corrected chi connectivity index (χ2v) is 7.71. The Balaban J connectivity index is 1.41. The van der Waals surface area contributed by atoms with Crippen molar-refractivity contribution in [2.75, 3.05) is 16.4 Å². The van der Waals surface area contributed by atoms with Gasteiger partial charge in [-0.15, -0.1) is 0 Å². The lowest BCUT2D eigenvalue weighted by Crippen LogP contribution is -2.28. The summed E-state index contributed by atoms with van der Waals surface area (Å²) >= 11 is 5.72. The maximum Gasteiger partial charge on any atom is 0.319 e. The molecule has 3 amide bonds. The van der Waals surface area contributed by atoms with E-state index in [2.05, 4.69) is 21.0 Å². The highest BCUT2D eigenvalue weighted by Crippen LogP contribution is 2.25. The molecule has 168 valence electrons. The van der Waals surface area contributed by atoms with Crippen LogP contribution in [0.2, 0.25) is 5.02 Å². The highest BCUT2D eigenvalue weighted by molar-refractivity contribution is 6.31. The molecule has 1 aromatic heterocycles. The zero-order valence-corrected chi connectivity index (χ0v) is 18.3. The van der Waals surface area contributed by atoms with Gasteiger partial charge >= 0.3 is 6.03 Å². The van der Waals surface area contributed by atoms with Crippen LogP contribution < -0.4 is 21.7 Å². The standard InChI is InChI=1S/C23H20ClFN6O2/c1-31-19-7-3-6-16(20(19)21(26)30-31)22(32)28-14-5-2-4-13(10-14)12-27-23(33)29-15-8-9-18(25)17(24)11-15/h2-11H,12H2,1H3,(H2,26,30)(H,28,32)(H2,27,29,33). The van der Waals surface area contributed by atoms with E-state index >= 15 is 0 Å². The third-order valence-corrected chi connectivity index (χ3v) is 5.25. The van der Waals surface area contributed by atoms with Crippen molar-refractivity contribution in [1.82, 2.24) is 15.1 Å². The molecule has 4 rings (SSSR count). The van der Waals surface area contributed by atoms with E-state index in [4.69, 9.17) is 17.3 Å². The summed E-state index contributed by atoms with van der Waals surface area (Å²) in [6.45, 7) is 0.204. The van der Waals surface area contributed by atoms with Gasteiger partial charge in [-0.1, -0.05) is 29.8 Å². The first kappa shape index (κ1) is 22.1. The molecule has 0 radical (unpaired) electrons. The molecule has 0 aliphatic heterocycles. The van der Waals surface area contributed by atoms with E-state index in [0.717, 1.165) is 11.1 Å². The Bertz CT molecular complexity index is 1370. The molecule has 0 fully saturated rings. The van der Waals surface area contributed by atoms with E-state index in [9.17, 15) is 14.0 Å². The van der Waals surface area contributed by atoms with Crippen LogP contribution in [0.1, 0.15) is 15.9 Å². The summed E-state index contributed by atoms with van der Waals surface area (Å²) in [5.41, 5.74) is 8.85. The largest absolute Gasteiger partial charge is 0.382 e. The molecular weight excluding hydrogens is 447 g/mol. The highest BCUT2D eigenvalue weighted by atomic mass is 35.5. The van der Waals surface area contributed by atoms with Gasteiger partial charge in [-0.25, -0.2) is 9.18 Å². The van der Waals surface area contributed by atoms with Gasteiger partial charge in [0.25, 0.3) is 5.91 Å². The third kappa shape index (κ3) is 4.88. The maximum atomic E-state index is 13.2. The van der Waals surface area contributed by atoms with E-state index in [-0.39, 0.29) is 23.3 Å². The van der Waals surface area contributed by atoms with Crippen LogP contribution in [0.25, 0.3) is 10.9 Å². The molecule has 5 N–H and O–H groups in total. The number of nitrogens with one attached hydrogen (secondary N) is 3. The number of rotatable bonds is 5. The van der Waals surface area contributed by atoms with Gasteiger partial charge in [0.05, 0.1) is 21.5 Å². The molecular formula is C23H20ClFN6O2. The van der Waals surface area contributed by atoms with Crippen molar-refractivity contribution in [3.8, 4) is 0 Å². The number of amides is 3. The van der Waals surface area contributed by atoms with Crippen LogP contribution in [0.15, 0.2) is 60.7 Å². The van der Waals surface area contributed by atoms with Gasteiger partial charge in [0.15, 0.2) is 5.82 Å². The summed E-state index contributed by atoms with van der Waals surface area (Å²) in [5.74, 6) is -0.607. The number of benzene rings is 3. The second kappa shape index (κ2) is 9.17. The Hall–Kier alpha value is -4.11. The Morgan fingerprint density at radius 2 is 1.82 bits per heavy atom.